The molecule has 0 saturated carbocycles. The van der Waals surface area contributed by atoms with Crippen molar-refractivity contribution < 1.29 is 32.6 Å². The molecule has 0 saturated heterocycles. The summed E-state index contributed by atoms with van der Waals surface area (Å²) in [5, 5.41) is 10.5. The van der Waals surface area contributed by atoms with Crippen LogP contribution in [0.5, 0.6) is 0 Å². The number of nitrogens with one attached hydrogen (secondary N) is 1. The minimum atomic E-state index is -4.92. The lowest BCUT2D eigenvalue weighted by molar-refractivity contribution is -0.190. The summed E-state index contributed by atoms with van der Waals surface area (Å²) in [4.78, 5) is 22.5. The monoisotopic (exact) mass is 319 g/mol. The second-order valence-electron chi connectivity index (χ2n) is 5.21. The number of benzene rings is 1. The maximum atomic E-state index is 13.0. The van der Waals surface area contributed by atoms with Gasteiger partial charge in [0.2, 0.25) is 0 Å². The lowest BCUT2D eigenvalue weighted by Crippen LogP contribution is -2.57. The average molecular weight is 319 g/mol. The minimum absolute atomic E-state index is 0.218. The van der Waals surface area contributed by atoms with Crippen LogP contribution in [-0.4, -0.2) is 29.4 Å². The van der Waals surface area contributed by atoms with Gasteiger partial charge in [-0.25, -0.2) is 4.79 Å². The number of alkyl halides is 3. The molecule has 5 nitrogen and oxygen atoms in total. The van der Waals surface area contributed by atoms with E-state index in [2.05, 4.69) is 4.74 Å². The summed E-state index contributed by atoms with van der Waals surface area (Å²) in [6.07, 6.45) is -6.26. The largest absolute Gasteiger partial charge is 0.481 e. The first kappa shape index (κ1) is 17.8. The fourth-order valence-electron chi connectivity index (χ4n) is 1.68. The molecule has 0 aromatic heterocycles. The number of carbonyl (C=O) groups excluding carboxylic acids is 1. The van der Waals surface area contributed by atoms with E-state index in [0.29, 0.717) is 5.56 Å². The highest BCUT2D eigenvalue weighted by Gasteiger charge is 2.54. The smallest absolute Gasteiger partial charge is 0.409 e. The van der Waals surface area contributed by atoms with Crippen LogP contribution in [0.15, 0.2) is 30.3 Å². The minimum Gasteiger partial charge on any atom is -0.481 e. The number of amides is 1. The maximum absolute atomic E-state index is 13.0. The molecule has 0 heterocycles. The second-order valence-corrected chi connectivity index (χ2v) is 5.21. The zero-order chi connectivity index (χ0) is 17.0. The first-order valence-corrected chi connectivity index (χ1v) is 6.32. The lowest BCUT2D eigenvalue weighted by atomic mass is 9.84. The van der Waals surface area contributed by atoms with Gasteiger partial charge >= 0.3 is 18.2 Å². The fraction of sp³-hybridized carbons (Fsp3) is 0.429. The molecule has 8 heteroatoms. The summed E-state index contributed by atoms with van der Waals surface area (Å²) in [5.74, 6) is -1.68. The topological polar surface area (TPSA) is 75.6 Å². The van der Waals surface area contributed by atoms with Crippen molar-refractivity contribution in [3.63, 3.8) is 0 Å². The van der Waals surface area contributed by atoms with Crippen LogP contribution in [0.2, 0.25) is 0 Å². The molecular weight excluding hydrogens is 303 g/mol. The Hall–Kier alpha value is -2.25. The van der Waals surface area contributed by atoms with Crippen LogP contribution in [0.3, 0.4) is 0 Å². The van der Waals surface area contributed by atoms with Crippen LogP contribution < -0.4 is 5.32 Å². The number of ether oxygens (including phenoxy) is 1. The molecule has 0 aliphatic heterocycles. The Kier molecular flexibility index (Phi) is 5.40. The van der Waals surface area contributed by atoms with E-state index in [4.69, 9.17) is 5.11 Å². The first-order valence-electron chi connectivity index (χ1n) is 6.32. The van der Waals surface area contributed by atoms with Gasteiger partial charge in [-0.1, -0.05) is 30.3 Å². The number of alkyl carbamates (subject to hydrolysis) is 1. The van der Waals surface area contributed by atoms with Crippen molar-refractivity contribution >= 4 is 12.1 Å². The highest BCUT2D eigenvalue weighted by atomic mass is 19.4. The molecule has 1 aromatic rings. The molecule has 1 atom stereocenters. The van der Waals surface area contributed by atoms with Gasteiger partial charge in [-0.05, 0) is 19.4 Å². The Morgan fingerprint density at radius 3 is 2.23 bits per heavy atom. The van der Waals surface area contributed by atoms with E-state index < -0.39 is 29.7 Å². The van der Waals surface area contributed by atoms with Gasteiger partial charge < -0.3 is 15.2 Å². The number of hydrogen-bond acceptors (Lipinski definition) is 3. The third-order valence-electron chi connectivity index (χ3n) is 3.08. The molecule has 0 aliphatic rings. The van der Waals surface area contributed by atoms with Crippen molar-refractivity contribution in [2.24, 2.45) is 5.41 Å². The Morgan fingerprint density at radius 1 is 1.23 bits per heavy atom. The molecule has 1 aromatic carbocycles. The molecule has 2 N–H and O–H groups in total. The quantitative estimate of drug-likeness (QED) is 0.875. The van der Waals surface area contributed by atoms with Crippen LogP contribution in [0.1, 0.15) is 19.4 Å². The number of hydrogen-bond donors (Lipinski definition) is 2. The SMILES string of the molecule is CC(C)(C(=O)O)[C@H](NC(=O)OCc1ccccc1)C(F)(F)F. The number of aliphatic carboxylic acids is 1. The van der Waals surface area contributed by atoms with Crippen molar-refractivity contribution in [2.75, 3.05) is 0 Å². The summed E-state index contributed by atoms with van der Waals surface area (Å²) in [7, 11) is 0. The summed E-state index contributed by atoms with van der Waals surface area (Å²) >= 11 is 0. The van der Waals surface area contributed by atoms with Crippen molar-refractivity contribution in [3.05, 3.63) is 35.9 Å². The van der Waals surface area contributed by atoms with Gasteiger partial charge in [-0.3, -0.25) is 4.79 Å². The first-order chi connectivity index (χ1) is 10.0. The second kappa shape index (κ2) is 6.67. The predicted molar refractivity (Wildman–Crippen MR) is 71.0 cm³/mol. The van der Waals surface area contributed by atoms with Crippen LogP contribution in [-0.2, 0) is 16.1 Å². The number of rotatable bonds is 5. The molecule has 0 aliphatic carbocycles. The molecular formula is C14H16F3NO4. The van der Waals surface area contributed by atoms with Crippen molar-refractivity contribution in [1.29, 1.82) is 0 Å². The molecule has 122 valence electrons. The molecule has 1 rings (SSSR count). The highest BCUT2D eigenvalue weighted by Crippen LogP contribution is 2.34. The molecule has 0 unspecified atom stereocenters. The van der Waals surface area contributed by atoms with E-state index >= 15 is 0 Å². The van der Waals surface area contributed by atoms with E-state index in [1.807, 2.05) is 0 Å². The molecule has 1 amide bonds. The van der Waals surface area contributed by atoms with E-state index in [0.717, 1.165) is 13.8 Å². The zero-order valence-corrected chi connectivity index (χ0v) is 12.0. The molecule has 0 fully saturated rings. The van der Waals surface area contributed by atoms with Gasteiger partial charge in [0.15, 0.2) is 0 Å². The van der Waals surface area contributed by atoms with Crippen LogP contribution in [0, 0.1) is 5.41 Å². The third kappa shape index (κ3) is 4.64. The summed E-state index contributed by atoms with van der Waals surface area (Å²) in [6.45, 7) is 1.54. The van der Waals surface area contributed by atoms with Gasteiger partial charge in [-0.15, -0.1) is 0 Å². The van der Waals surface area contributed by atoms with E-state index in [1.54, 1.807) is 35.6 Å². The lowest BCUT2D eigenvalue weighted by Gasteiger charge is -2.32. The number of carboxylic acids is 1. The molecule has 0 bridgehead atoms. The average Bonchev–Trinajstić information content (AvgIpc) is 2.42. The standard InChI is InChI=1S/C14H16F3NO4/c1-13(2,11(19)20)10(14(15,16)17)18-12(21)22-8-9-6-4-3-5-7-9/h3-7,10H,8H2,1-2H3,(H,18,21)(H,19,20)/t10-/m0/s1. The maximum Gasteiger partial charge on any atom is 0.409 e. The van der Waals surface area contributed by atoms with Gasteiger partial charge in [0.1, 0.15) is 12.6 Å². The van der Waals surface area contributed by atoms with Gasteiger partial charge in [0.25, 0.3) is 0 Å². The Morgan fingerprint density at radius 2 is 1.77 bits per heavy atom. The summed E-state index contributed by atoms with van der Waals surface area (Å²) < 4.78 is 43.6. The number of halogens is 3. The fourth-order valence-corrected chi connectivity index (χ4v) is 1.68. The van der Waals surface area contributed by atoms with Gasteiger partial charge in [-0.2, -0.15) is 13.2 Å². The van der Waals surface area contributed by atoms with E-state index in [1.165, 1.54) is 0 Å². The van der Waals surface area contributed by atoms with Crippen LogP contribution in [0.4, 0.5) is 18.0 Å². The highest BCUT2D eigenvalue weighted by molar-refractivity contribution is 5.76. The number of carboxylic acid groups (broad SMARTS) is 1. The third-order valence-corrected chi connectivity index (χ3v) is 3.08. The Bertz CT molecular complexity index is 529. The normalized spacial score (nSPS) is 13.3. The van der Waals surface area contributed by atoms with E-state index in [-0.39, 0.29) is 6.61 Å². The van der Waals surface area contributed by atoms with Crippen molar-refractivity contribution in [2.45, 2.75) is 32.7 Å². The Balaban J connectivity index is 2.74. The molecule has 0 spiro atoms. The zero-order valence-electron chi connectivity index (χ0n) is 12.0. The van der Waals surface area contributed by atoms with Crippen molar-refractivity contribution in [3.8, 4) is 0 Å². The van der Waals surface area contributed by atoms with Gasteiger partial charge in [0.05, 0.1) is 5.41 Å². The molecule has 0 radical (unpaired) electrons. The summed E-state index contributed by atoms with van der Waals surface area (Å²) in [5.41, 5.74) is -1.64. The van der Waals surface area contributed by atoms with Crippen LogP contribution in [0.25, 0.3) is 0 Å². The predicted octanol–water partition coefficient (Wildman–Crippen LogP) is 2.95. The van der Waals surface area contributed by atoms with Crippen molar-refractivity contribution in [1.82, 2.24) is 5.32 Å². The van der Waals surface area contributed by atoms with E-state index in [9.17, 15) is 22.8 Å². The van der Waals surface area contributed by atoms with Gasteiger partial charge in [0, 0.05) is 0 Å². The number of carbonyl (C=O) groups is 2. The van der Waals surface area contributed by atoms with Crippen LogP contribution >= 0.6 is 0 Å². The summed E-state index contributed by atoms with van der Waals surface area (Å²) in [6, 6.07) is 5.80. The molecule has 22 heavy (non-hydrogen) atoms. The Labute approximate surface area is 125 Å².